The summed E-state index contributed by atoms with van der Waals surface area (Å²) in [5.41, 5.74) is 4.09. The third-order valence-corrected chi connectivity index (χ3v) is 5.68. The molecule has 0 radical (unpaired) electrons. The van der Waals surface area contributed by atoms with E-state index in [9.17, 15) is 4.39 Å². The van der Waals surface area contributed by atoms with Crippen molar-refractivity contribution >= 4 is 0 Å². The van der Waals surface area contributed by atoms with Crippen LogP contribution in [0.15, 0.2) is 54.7 Å². The van der Waals surface area contributed by atoms with E-state index < -0.39 is 5.82 Å². The molecule has 0 amide bonds. The van der Waals surface area contributed by atoms with Crippen molar-refractivity contribution in [1.29, 1.82) is 0 Å². The van der Waals surface area contributed by atoms with Crippen LogP contribution in [0.4, 0.5) is 4.39 Å². The Balaban J connectivity index is 2.01. The summed E-state index contributed by atoms with van der Waals surface area (Å²) in [6.07, 6.45) is 0.936. The molecule has 1 heterocycles. The number of hydrogen-bond acceptors (Lipinski definition) is 4. The largest absolute Gasteiger partial charge is 0.489 e. The third kappa shape index (κ3) is 5.91. The Morgan fingerprint density at radius 2 is 1.73 bits per heavy atom. The van der Waals surface area contributed by atoms with E-state index in [1.54, 1.807) is 13.2 Å². The minimum absolute atomic E-state index is 0.206. The summed E-state index contributed by atoms with van der Waals surface area (Å²) in [7, 11) is 3.20. The number of rotatable bonds is 8. The molecule has 4 nitrogen and oxygen atoms in total. The van der Waals surface area contributed by atoms with Gasteiger partial charge in [0.25, 0.3) is 0 Å². The lowest BCUT2D eigenvalue weighted by Gasteiger charge is -2.32. The molecule has 0 aliphatic rings. The van der Waals surface area contributed by atoms with Crippen molar-refractivity contribution in [2.75, 3.05) is 14.2 Å². The molecule has 3 aromatic rings. The van der Waals surface area contributed by atoms with E-state index in [1.807, 2.05) is 30.3 Å². The quantitative estimate of drug-likeness (QED) is 0.359. The fourth-order valence-electron chi connectivity index (χ4n) is 3.98. The molecule has 0 saturated heterocycles. The van der Waals surface area contributed by atoms with Crippen LogP contribution in [-0.4, -0.2) is 19.2 Å². The molecule has 176 valence electrons. The fourth-order valence-corrected chi connectivity index (χ4v) is 3.98. The van der Waals surface area contributed by atoms with Crippen molar-refractivity contribution < 1.29 is 18.6 Å². The Morgan fingerprint density at radius 3 is 2.36 bits per heavy atom. The Morgan fingerprint density at radius 1 is 0.970 bits per heavy atom. The molecule has 0 aliphatic carbocycles. The lowest BCUT2D eigenvalue weighted by Crippen LogP contribution is -2.21. The summed E-state index contributed by atoms with van der Waals surface area (Å²) >= 11 is 0. The molecule has 0 fully saturated rings. The maximum atomic E-state index is 14.8. The molecule has 3 rings (SSSR count). The van der Waals surface area contributed by atoms with Gasteiger partial charge in [-0.25, -0.2) is 9.37 Å². The lowest BCUT2D eigenvalue weighted by atomic mass is 9.81. The zero-order valence-electron chi connectivity index (χ0n) is 20.6. The first kappa shape index (κ1) is 24.7. The smallest absolute Gasteiger partial charge is 0.213 e. The second kappa shape index (κ2) is 10.3. The Bertz CT molecular complexity index is 1090. The van der Waals surface area contributed by atoms with Crippen LogP contribution in [0, 0.1) is 11.2 Å². The van der Waals surface area contributed by atoms with Gasteiger partial charge in [-0.1, -0.05) is 58.9 Å². The number of methoxy groups -OCH3 is 2. The summed E-state index contributed by atoms with van der Waals surface area (Å²) in [5, 5.41) is 0. The molecule has 0 aliphatic heterocycles. The molecular formula is C28H34FNO3. The van der Waals surface area contributed by atoms with Gasteiger partial charge in [-0.15, -0.1) is 0 Å². The zero-order chi connectivity index (χ0) is 24.2. The second-order valence-corrected chi connectivity index (χ2v) is 9.63. The third-order valence-electron chi connectivity index (χ3n) is 5.68. The van der Waals surface area contributed by atoms with E-state index in [4.69, 9.17) is 14.2 Å². The molecule has 2 aromatic carbocycles. The van der Waals surface area contributed by atoms with E-state index in [2.05, 4.69) is 51.7 Å². The van der Waals surface area contributed by atoms with E-state index in [0.717, 1.165) is 22.4 Å². The van der Waals surface area contributed by atoms with Gasteiger partial charge < -0.3 is 14.2 Å². The van der Waals surface area contributed by atoms with Gasteiger partial charge in [0.05, 0.1) is 19.4 Å². The van der Waals surface area contributed by atoms with Crippen LogP contribution in [0.1, 0.15) is 63.3 Å². The van der Waals surface area contributed by atoms with Crippen molar-refractivity contribution in [2.45, 2.75) is 53.2 Å². The minimum atomic E-state index is -0.407. The number of aromatic nitrogens is 1. The molecule has 0 bridgehead atoms. The summed E-state index contributed by atoms with van der Waals surface area (Å²) in [6.45, 7) is 11.0. The highest BCUT2D eigenvalue weighted by Crippen LogP contribution is 2.42. The maximum Gasteiger partial charge on any atom is 0.213 e. The minimum Gasteiger partial charge on any atom is -0.489 e. The highest BCUT2D eigenvalue weighted by atomic mass is 19.1. The highest BCUT2D eigenvalue weighted by molar-refractivity contribution is 5.70. The topological polar surface area (TPSA) is 40.6 Å². The van der Waals surface area contributed by atoms with Crippen molar-refractivity contribution in [3.05, 3.63) is 77.2 Å². The molecule has 0 N–H and O–H groups in total. The molecule has 33 heavy (non-hydrogen) atoms. The van der Waals surface area contributed by atoms with Crippen LogP contribution in [0.25, 0.3) is 11.1 Å². The van der Waals surface area contributed by atoms with Crippen LogP contribution in [0.5, 0.6) is 11.6 Å². The van der Waals surface area contributed by atoms with Crippen molar-refractivity contribution in [3.63, 3.8) is 0 Å². The summed E-state index contributed by atoms with van der Waals surface area (Å²) in [6, 6.07) is 15.7. The van der Waals surface area contributed by atoms with Crippen LogP contribution in [0.3, 0.4) is 0 Å². The molecule has 1 aromatic heterocycles. The van der Waals surface area contributed by atoms with Gasteiger partial charge in [0.1, 0.15) is 18.2 Å². The number of pyridine rings is 1. The number of nitrogens with zero attached hydrogens (tertiary/aromatic N) is 1. The first-order valence-electron chi connectivity index (χ1n) is 11.2. The van der Waals surface area contributed by atoms with Gasteiger partial charge >= 0.3 is 0 Å². The molecule has 0 spiro atoms. The lowest BCUT2D eigenvalue weighted by molar-refractivity contribution is 0.0155. The Kier molecular flexibility index (Phi) is 7.75. The molecule has 0 saturated carbocycles. The van der Waals surface area contributed by atoms with Crippen LogP contribution < -0.4 is 9.47 Å². The SMILES string of the molecule is COc1cc(-c2ccc(COc3cccc(C(C)C)c3)cc2[C@@H](OC)C(C)(C)C)c(F)cn1. The molecule has 0 unspecified atom stereocenters. The fraction of sp³-hybridized carbons (Fsp3) is 0.393. The van der Waals surface area contributed by atoms with Crippen molar-refractivity contribution in [1.82, 2.24) is 4.98 Å². The number of hydrogen-bond donors (Lipinski definition) is 0. The average Bonchev–Trinajstić information content (AvgIpc) is 2.78. The second-order valence-electron chi connectivity index (χ2n) is 9.63. The molecular weight excluding hydrogens is 417 g/mol. The van der Waals surface area contributed by atoms with Gasteiger partial charge in [0.15, 0.2) is 0 Å². The Hall–Kier alpha value is -2.92. The Labute approximate surface area is 196 Å². The van der Waals surface area contributed by atoms with Gasteiger partial charge in [-0.3, -0.25) is 0 Å². The predicted octanol–water partition coefficient (Wildman–Crippen LogP) is 7.33. The summed E-state index contributed by atoms with van der Waals surface area (Å²) < 4.78 is 32.1. The average molecular weight is 452 g/mol. The number of ether oxygens (including phenoxy) is 3. The number of benzene rings is 2. The van der Waals surface area contributed by atoms with E-state index >= 15 is 0 Å². The highest BCUT2D eigenvalue weighted by Gasteiger charge is 2.29. The summed E-state index contributed by atoms with van der Waals surface area (Å²) in [5.74, 6) is 1.21. The zero-order valence-corrected chi connectivity index (χ0v) is 20.6. The van der Waals surface area contributed by atoms with Crippen molar-refractivity contribution in [2.24, 2.45) is 5.41 Å². The molecule has 1 atom stereocenters. The van der Waals surface area contributed by atoms with Gasteiger partial charge in [-0.05, 0) is 51.8 Å². The number of halogens is 1. The van der Waals surface area contributed by atoms with Gasteiger partial charge in [0, 0.05) is 18.7 Å². The standard InChI is InChI=1S/C28H34FNO3/c1-18(2)20-9-8-10-21(14-20)33-17-19-11-12-22(23-15-26(31-6)30-16-25(23)29)24(13-19)27(32-7)28(3,4)5/h8-16,18,27H,17H2,1-7H3/t27-/m1/s1. The van der Waals surface area contributed by atoms with E-state index in [-0.39, 0.29) is 11.5 Å². The molecule has 5 heteroatoms. The van der Waals surface area contributed by atoms with Crippen molar-refractivity contribution in [3.8, 4) is 22.8 Å². The van der Waals surface area contributed by atoms with Gasteiger partial charge in [0.2, 0.25) is 5.88 Å². The normalized spacial score (nSPS) is 12.6. The monoisotopic (exact) mass is 451 g/mol. The first-order valence-corrected chi connectivity index (χ1v) is 11.2. The van der Waals surface area contributed by atoms with Crippen LogP contribution in [0.2, 0.25) is 0 Å². The van der Waals surface area contributed by atoms with Crippen LogP contribution in [-0.2, 0) is 11.3 Å². The summed E-state index contributed by atoms with van der Waals surface area (Å²) in [4.78, 5) is 3.98. The predicted molar refractivity (Wildman–Crippen MR) is 130 cm³/mol. The first-order chi connectivity index (χ1) is 15.6. The maximum absolute atomic E-state index is 14.8. The van der Waals surface area contributed by atoms with Crippen LogP contribution >= 0.6 is 0 Å². The van der Waals surface area contributed by atoms with E-state index in [1.165, 1.54) is 18.9 Å². The van der Waals surface area contributed by atoms with E-state index in [0.29, 0.717) is 24.0 Å². The van der Waals surface area contributed by atoms with Gasteiger partial charge in [-0.2, -0.15) is 0 Å².